The number of amides is 2. The largest absolute Gasteiger partial charge is 0.452 e. The molecular weight excluding hydrogens is 428 g/mol. The fourth-order valence-electron chi connectivity index (χ4n) is 3.97. The lowest BCUT2D eigenvalue weighted by Gasteiger charge is -2.36. The van der Waals surface area contributed by atoms with Gasteiger partial charge in [-0.15, -0.1) is 11.3 Å². The van der Waals surface area contributed by atoms with Crippen molar-refractivity contribution in [1.82, 2.24) is 20.0 Å². The summed E-state index contributed by atoms with van der Waals surface area (Å²) < 4.78 is 34.9. The van der Waals surface area contributed by atoms with Crippen molar-refractivity contribution in [2.75, 3.05) is 7.11 Å². The van der Waals surface area contributed by atoms with Crippen LogP contribution in [0.1, 0.15) is 39.5 Å². The summed E-state index contributed by atoms with van der Waals surface area (Å²) >= 11 is 1.23. The predicted octanol–water partition coefficient (Wildman–Crippen LogP) is 3.18. The van der Waals surface area contributed by atoms with E-state index < -0.39 is 30.0 Å². The van der Waals surface area contributed by atoms with E-state index in [4.69, 9.17) is 10.5 Å². The second kappa shape index (κ2) is 8.04. The van der Waals surface area contributed by atoms with Crippen LogP contribution in [0, 0.1) is 6.92 Å². The minimum absolute atomic E-state index is 0.198. The number of methoxy groups -OCH3 is 1. The molecule has 2 aliphatic rings. The minimum atomic E-state index is -3.02. The first-order valence-electron chi connectivity index (χ1n) is 9.85. The van der Waals surface area contributed by atoms with Gasteiger partial charge in [0.05, 0.1) is 23.9 Å². The third kappa shape index (κ3) is 3.94. The second-order valence-electron chi connectivity index (χ2n) is 7.69. The number of thiophene rings is 1. The van der Waals surface area contributed by atoms with Crippen molar-refractivity contribution in [1.29, 1.82) is 0 Å². The van der Waals surface area contributed by atoms with Crippen molar-refractivity contribution >= 4 is 29.4 Å². The van der Waals surface area contributed by atoms with Crippen LogP contribution in [0.4, 0.5) is 13.6 Å². The number of aryl methyl sites for hydroxylation is 1. The molecule has 1 aliphatic heterocycles. The topological polar surface area (TPSA) is 102 Å². The van der Waals surface area contributed by atoms with E-state index in [9.17, 15) is 18.4 Å². The number of nitrogens with two attached hydrogens (primary N) is 1. The van der Waals surface area contributed by atoms with E-state index in [0.29, 0.717) is 17.7 Å². The van der Waals surface area contributed by atoms with E-state index in [-0.39, 0.29) is 13.1 Å². The predicted molar refractivity (Wildman–Crippen MR) is 112 cm³/mol. The van der Waals surface area contributed by atoms with E-state index in [1.54, 1.807) is 29.2 Å². The number of ether oxygens (including phenoxy) is 1. The number of nitrogens with zero attached hydrogens (tertiary/aromatic N) is 3. The summed E-state index contributed by atoms with van der Waals surface area (Å²) in [5.74, 6) is -3.58. The van der Waals surface area contributed by atoms with Gasteiger partial charge in [-0.2, -0.15) is 5.10 Å². The highest BCUT2D eigenvalue weighted by atomic mass is 32.1. The fourth-order valence-corrected chi connectivity index (χ4v) is 4.91. The van der Waals surface area contributed by atoms with Crippen LogP contribution in [0.2, 0.25) is 0 Å². The Morgan fingerprint density at radius 2 is 2.16 bits per heavy atom. The number of nitrogens with one attached hydrogen (secondary N) is 1. The Morgan fingerprint density at radius 3 is 2.87 bits per heavy atom. The van der Waals surface area contributed by atoms with Crippen molar-refractivity contribution in [2.24, 2.45) is 5.73 Å². The molecule has 3 heterocycles. The molecular formula is C20H23F2N5O3S. The second-order valence-corrected chi connectivity index (χ2v) is 8.95. The highest BCUT2D eigenvalue weighted by molar-refractivity contribution is 7.14. The molecule has 11 heteroatoms. The van der Waals surface area contributed by atoms with Gasteiger partial charge in [0.25, 0.3) is 11.8 Å². The average Bonchev–Trinajstić information content (AvgIpc) is 3.32. The average molecular weight is 451 g/mol. The van der Waals surface area contributed by atoms with Gasteiger partial charge in [-0.1, -0.05) is 0 Å². The molecule has 0 bridgehead atoms. The third-order valence-corrected chi connectivity index (χ3v) is 6.69. The monoisotopic (exact) mass is 451 g/mol. The molecule has 2 aromatic rings. The lowest BCUT2D eigenvalue weighted by atomic mass is 9.87. The van der Waals surface area contributed by atoms with E-state index in [0.717, 1.165) is 21.7 Å². The number of rotatable bonds is 3. The Balaban J connectivity index is 1.56. The number of fused-ring (bicyclic) bond motifs is 1. The van der Waals surface area contributed by atoms with Crippen LogP contribution < -0.4 is 11.1 Å². The van der Waals surface area contributed by atoms with Gasteiger partial charge in [-0.25, -0.2) is 18.3 Å². The molecule has 2 atom stereocenters. The smallest absolute Gasteiger partial charge is 0.415 e. The van der Waals surface area contributed by atoms with Crippen molar-refractivity contribution < 1.29 is 23.1 Å². The minimum Gasteiger partial charge on any atom is -0.452 e. The van der Waals surface area contributed by atoms with Gasteiger partial charge < -0.3 is 15.8 Å². The Hall–Kier alpha value is -2.79. The molecule has 31 heavy (non-hydrogen) atoms. The van der Waals surface area contributed by atoms with Crippen molar-refractivity contribution in [3.8, 4) is 11.1 Å². The van der Waals surface area contributed by atoms with E-state index in [1.165, 1.54) is 23.3 Å². The number of carbonyl (C=O) groups is 2. The van der Waals surface area contributed by atoms with Crippen LogP contribution >= 0.6 is 11.3 Å². The maximum Gasteiger partial charge on any atom is 0.415 e. The quantitative estimate of drug-likeness (QED) is 0.746. The molecule has 1 fully saturated rings. The van der Waals surface area contributed by atoms with Gasteiger partial charge in [-0.05, 0) is 37.5 Å². The van der Waals surface area contributed by atoms with Crippen LogP contribution in [0.25, 0.3) is 17.2 Å². The van der Waals surface area contributed by atoms with Gasteiger partial charge in [0.15, 0.2) is 0 Å². The number of hydrogen-bond acceptors (Lipinski definition) is 6. The van der Waals surface area contributed by atoms with Crippen LogP contribution in [-0.4, -0.2) is 51.8 Å². The van der Waals surface area contributed by atoms with E-state index >= 15 is 0 Å². The Bertz CT molecular complexity index is 1050. The SMILES string of the molecule is COC(=O)N1C=Cc2c(-c3cc(C(=O)N[C@@H]4[C@H](N)CCCC4(F)F)sc3C)cnn2C1. The number of hydrogen-bond donors (Lipinski definition) is 2. The summed E-state index contributed by atoms with van der Waals surface area (Å²) in [5.41, 5.74) is 8.21. The number of halogens is 2. The lowest BCUT2D eigenvalue weighted by molar-refractivity contribution is -0.0674. The Labute approximate surface area is 181 Å². The molecule has 2 amide bonds. The zero-order valence-electron chi connectivity index (χ0n) is 17.1. The third-order valence-electron chi connectivity index (χ3n) is 5.64. The van der Waals surface area contributed by atoms with Gasteiger partial charge in [0.1, 0.15) is 12.7 Å². The zero-order chi connectivity index (χ0) is 22.3. The lowest BCUT2D eigenvalue weighted by Crippen LogP contribution is -2.59. The normalized spacial score (nSPS) is 22.2. The summed E-state index contributed by atoms with van der Waals surface area (Å²) in [6.45, 7) is 2.05. The van der Waals surface area contributed by atoms with E-state index in [2.05, 4.69) is 10.4 Å². The zero-order valence-corrected chi connectivity index (χ0v) is 17.9. The summed E-state index contributed by atoms with van der Waals surface area (Å²) in [4.78, 5) is 27.0. The molecule has 4 rings (SSSR count). The maximum absolute atomic E-state index is 14.3. The summed E-state index contributed by atoms with van der Waals surface area (Å²) in [7, 11) is 1.30. The molecule has 8 nitrogen and oxygen atoms in total. The van der Waals surface area contributed by atoms with Crippen LogP contribution in [-0.2, 0) is 11.4 Å². The van der Waals surface area contributed by atoms with Crippen LogP contribution in [0.3, 0.4) is 0 Å². The highest BCUT2D eigenvalue weighted by Gasteiger charge is 2.46. The van der Waals surface area contributed by atoms with Gasteiger partial charge >= 0.3 is 6.09 Å². The summed E-state index contributed by atoms with van der Waals surface area (Å²) in [6, 6.07) is -0.477. The fraction of sp³-hybridized carbons (Fsp3) is 0.450. The molecule has 0 spiro atoms. The Morgan fingerprint density at radius 1 is 1.39 bits per heavy atom. The molecule has 2 aromatic heterocycles. The molecule has 0 aromatic carbocycles. The van der Waals surface area contributed by atoms with Crippen LogP contribution in [0.5, 0.6) is 0 Å². The molecule has 0 radical (unpaired) electrons. The van der Waals surface area contributed by atoms with Gasteiger partial charge in [0.2, 0.25) is 0 Å². The van der Waals surface area contributed by atoms with Gasteiger partial charge in [-0.3, -0.25) is 9.69 Å². The molecule has 1 aliphatic carbocycles. The highest BCUT2D eigenvalue weighted by Crippen LogP contribution is 2.36. The number of alkyl halides is 2. The standard InChI is InChI=1S/C20H23F2N5O3S/c1-11-12(13-9-24-27-10-26(19(29)30-2)7-5-15(13)27)8-16(31-11)18(28)25-17-14(23)4-3-6-20(17,21)22/h5,7-9,14,17H,3-4,6,10,23H2,1-2H3,(H,25,28)/t14-,17-/m1/s1. The first-order chi connectivity index (χ1) is 14.7. The van der Waals surface area contributed by atoms with Crippen molar-refractivity contribution in [3.05, 3.63) is 33.9 Å². The van der Waals surface area contributed by atoms with E-state index in [1.807, 2.05) is 6.92 Å². The first kappa shape index (κ1) is 21.4. The Kier molecular flexibility index (Phi) is 5.56. The van der Waals surface area contributed by atoms with Gasteiger partial charge in [0, 0.05) is 29.1 Å². The molecule has 3 N–H and O–H groups in total. The molecule has 0 unspecified atom stereocenters. The van der Waals surface area contributed by atoms with Crippen molar-refractivity contribution in [3.63, 3.8) is 0 Å². The molecule has 0 saturated heterocycles. The first-order valence-corrected chi connectivity index (χ1v) is 10.7. The number of aromatic nitrogens is 2. The molecule has 166 valence electrons. The maximum atomic E-state index is 14.3. The van der Waals surface area contributed by atoms with Crippen molar-refractivity contribution in [2.45, 2.75) is 50.9 Å². The van der Waals surface area contributed by atoms with Crippen LogP contribution in [0.15, 0.2) is 18.5 Å². The number of carbonyl (C=O) groups excluding carboxylic acids is 2. The summed E-state index contributed by atoms with van der Waals surface area (Å²) in [5, 5.41) is 6.77. The molecule has 1 saturated carbocycles. The summed E-state index contributed by atoms with van der Waals surface area (Å²) in [6.07, 6.45) is 5.01.